The van der Waals surface area contributed by atoms with Crippen LogP contribution < -0.4 is 0 Å². The molecule has 0 N–H and O–H groups in total. The van der Waals surface area contributed by atoms with Gasteiger partial charge in [-0.2, -0.15) is 0 Å². The van der Waals surface area contributed by atoms with Crippen molar-refractivity contribution in [2.75, 3.05) is 0 Å². The van der Waals surface area contributed by atoms with Gasteiger partial charge in [-0.15, -0.1) is 0 Å². The number of pyridine rings is 2. The largest absolute Gasteiger partial charge is 0.254 e. The summed E-state index contributed by atoms with van der Waals surface area (Å²) in [5, 5.41) is 2.04. The number of aromatic nitrogens is 2. The predicted molar refractivity (Wildman–Crippen MR) is 95.1 cm³/mol. The second-order valence-electron chi connectivity index (χ2n) is 5.27. The van der Waals surface area contributed by atoms with Gasteiger partial charge in [-0.3, -0.25) is 9.97 Å². The van der Waals surface area contributed by atoms with E-state index in [1.807, 2.05) is 43.3 Å². The number of hydrogen-bond acceptors (Lipinski definition) is 2. The van der Waals surface area contributed by atoms with E-state index < -0.39 is 6.04 Å². The third-order valence-corrected chi connectivity index (χ3v) is 3.80. The van der Waals surface area contributed by atoms with E-state index in [0.29, 0.717) is 11.3 Å². The van der Waals surface area contributed by atoms with Crippen molar-refractivity contribution in [2.45, 2.75) is 6.92 Å². The molecule has 0 unspecified atom stereocenters. The zero-order valence-electron chi connectivity index (χ0n) is 17.8. The SMILES string of the molecule is [2H]c1c([2H])c([2H])c(-c2cnc(-c3nccc4ccccc34)cc2C)c([2H])c1[2H].[Ir]. The molecular weight excluding hydrogens is 472 g/mol. The Morgan fingerprint density at radius 3 is 2.54 bits per heavy atom. The minimum absolute atomic E-state index is 0. The van der Waals surface area contributed by atoms with Crippen LogP contribution in [0.25, 0.3) is 33.3 Å². The first-order valence-corrected chi connectivity index (χ1v) is 7.28. The van der Waals surface area contributed by atoms with Crippen LogP contribution in [0.5, 0.6) is 0 Å². The molecule has 1 radical (unpaired) electrons. The summed E-state index contributed by atoms with van der Waals surface area (Å²) in [6.45, 7) is 1.84. The molecule has 4 aromatic rings. The van der Waals surface area contributed by atoms with E-state index in [4.69, 9.17) is 6.85 Å². The molecule has 0 bridgehead atoms. The van der Waals surface area contributed by atoms with Gasteiger partial charge in [0.1, 0.15) is 0 Å². The third kappa shape index (κ3) is 3.01. The van der Waals surface area contributed by atoms with E-state index in [0.717, 1.165) is 22.0 Å². The molecule has 0 saturated carbocycles. The van der Waals surface area contributed by atoms with Crippen molar-refractivity contribution < 1.29 is 27.0 Å². The number of benzene rings is 2. The average Bonchev–Trinajstić information content (AvgIpc) is 2.71. The molecule has 24 heavy (non-hydrogen) atoms. The molecule has 2 aromatic carbocycles. The van der Waals surface area contributed by atoms with Gasteiger partial charge in [-0.25, -0.2) is 0 Å². The number of fused-ring (bicyclic) bond motifs is 1. The van der Waals surface area contributed by atoms with Crippen LogP contribution in [0, 0.1) is 6.92 Å². The Morgan fingerprint density at radius 1 is 0.958 bits per heavy atom. The summed E-state index contributed by atoms with van der Waals surface area (Å²) in [4.78, 5) is 8.98. The molecule has 0 aliphatic heterocycles. The topological polar surface area (TPSA) is 25.8 Å². The standard InChI is InChI=1S/C21H16N2.Ir/c1-15-13-20(23-14-19(15)16-7-3-2-4-8-16)21-18-10-6-5-9-17(18)11-12-22-21;/h2-14H,1H3;/i2D,3D,4D,7D,8D;. The first-order valence-electron chi connectivity index (χ1n) is 9.78. The summed E-state index contributed by atoms with van der Waals surface area (Å²) >= 11 is 0. The zero-order chi connectivity index (χ0) is 20.0. The van der Waals surface area contributed by atoms with Crippen molar-refractivity contribution in [3.63, 3.8) is 0 Å². The van der Waals surface area contributed by atoms with Crippen molar-refractivity contribution in [1.82, 2.24) is 9.97 Å². The van der Waals surface area contributed by atoms with Crippen molar-refractivity contribution in [2.24, 2.45) is 0 Å². The summed E-state index contributed by atoms with van der Waals surface area (Å²) in [5.74, 6) is 0. The molecular formula is C21H16IrN2. The molecule has 0 spiro atoms. The van der Waals surface area contributed by atoms with Gasteiger partial charge in [0.15, 0.2) is 0 Å². The number of aryl methyl sites for hydroxylation is 1. The van der Waals surface area contributed by atoms with Crippen LogP contribution in [0.3, 0.4) is 0 Å². The smallest absolute Gasteiger partial charge is 0.0964 e. The minimum atomic E-state index is -0.402. The van der Waals surface area contributed by atoms with E-state index in [1.54, 1.807) is 12.4 Å². The Morgan fingerprint density at radius 2 is 1.75 bits per heavy atom. The van der Waals surface area contributed by atoms with Crippen LogP contribution in [0.1, 0.15) is 12.4 Å². The molecule has 0 saturated heterocycles. The molecule has 0 atom stereocenters. The van der Waals surface area contributed by atoms with Crippen LogP contribution in [0.2, 0.25) is 0 Å². The molecule has 4 rings (SSSR count). The zero-order valence-corrected chi connectivity index (χ0v) is 15.2. The average molecular weight is 494 g/mol. The Bertz CT molecular complexity index is 1210. The van der Waals surface area contributed by atoms with Crippen LogP contribution in [-0.2, 0) is 20.1 Å². The van der Waals surface area contributed by atoms with Crippen molar-refractivity contribution >= 4 is 10.8 Å². The predicted octanol–water partition coefficient (Wildman–Crippen LogP) is 5.27. The third-order valence-electron chi connectivity index (χ3n) is 3.80. The fourth-order valence-corrected chi connectivity index (χ4v) is 2.66. The van der Waals surface area contributed by atoms with E-state index in [2.05, 4.69) is 9.97 Å². The fourth-order valence-electron chi connectivity index (χ4n) is 2.66. The van der Waals surface area contributed by atoms with Crippen LogP contribution in [0.4, 0.5) is 0 Å². The van der Waals surface area contributed by atoms with Gasteiger partial charge in [-0.1, -0.05) is 54.5 Å². The summed E-state index contributed by atoms with van der Waals surface area (Å²) in [5.41, 5.74) is 2.85. The van der Waals surface area contributed by atoms with Crippen LogP contribution in [0.15, 0.2) is 79.0 Å². The van der Waals surface area contributed by atoms with Crippen LogP contribution >= 0.6 is 0 Å². The maximum Gasteiger partial charge on any atom is 0.0964 e. The van der Waals surface area contributed by atoms with Gasteiger partial charge >= 0.3 is 0 Å². The first-order chi connectivity index (χ1) is 13.4. The fraction of sp³-hybridized carbons (Fsp3) is 0.0476. The number of rotatable bonds is 2. The van der Waals surface area contributed by atoms with Gasteiger partial charge in [0.05, 0.1) is 18.2 Å². The second kappa shape index (κ2) is 7.04. The first kappa shape index (κ1) is 11.2. The Kier molecular flexibility index (Phi) is 3.30. The quantitative estimate of drug-likeness (QED) is 0.380. The van der Waals surface area contributed by atoms with Crippen molar-refractivity contribution in [3.8, 4) is 22.5 Å². The summed E-state index contributed by atoms with van der Waals surface area (Å²) in [6, 6.07) is 10.1. The van der Waals surface area contributed by atoms with Crippen molar-refractivity contribution in [3.05, 3.63) is 84.6 Å². The number of hydrogen-bond donors (Lipinski definition) is 0. The van der Waals surface area contributed by atoms with Crippen LogP contribution in [-0.4, -0.2) is 9.97 Å². The molecule has 0 aliphatic rings. The minimum Gasteiger partial charge on any atom is -0.254 e. The molecule has 119 valence electrons. The van der Waals surface area contributed by atoms with Gasteiger partial charge in [-0.05, 0) is 35.6 Å². The maximum atomic E-state index is 8.18. The molecule has 2 aromatic heterocycles. The Balaban J connectivity index is 0.00000240. The molecule has 3 heteroatoms. The van der Waals surface area contributed by atoms with Gasteiger partial charge < -0.3 is 0 Å². The summed E-state index contributed by atoms with van der Waals surface area (Å²) in [7, 11) is 0. The van der Waals surface area contributed by atoms with E-state index >= 15 is 0 Å². The molecule has 0 aliphatic carbocycles. The van der Waals surface area contributed by atoms with E-state index in [-0.39, 0.29) is 49.8 Å². The second-order valence-corrected chi connectivity index (χ2v) is 5.27. The van der Waals surface area contributed by atoms with Gasteiger partial charge in [0.25, 0.3) is 0 Å². The molecule has 0 fully saturated rings. The Hall–Kier alpha value is -2.35. The normalized spacial score (nSPS) is 13.3. The van der Waals surface area contributed by atoms with Crippen molar-refractivity contribution in [1.29, 1.82) is 0 Å². The molecule has 0 amide bonds. The maximum absolute atomic E-state index is 8.18. The van der Waals surface area contributed by atoms with Gasteiger partial charge in [0.2, 0.25) is 0 Å². The summed E-state index contributed by atoms with van der Waals surface area (Å²) in [6.07, 6.45) is 3.29. The van der Waals surface area contributed by atoms with E-state index in [1.165, 1.54) is 0 Å². The molecule has 2 heterocycles. The monoisotopic (exact) mass is 494 g/mol. The number of nitrogens with zero attached hydrogens (tertiary/aromatic N) is 2. The summed E-state index contributed by atoms with van der Waals surface area (Å²) < 4.78 is 39.9. The molecule has 2 nitrogen and oxygen atoms in total. The van der Waals surface area contributed by atoms with Gasteiger partial charge in [0, 0.05) is 43.4 Å². The Labute approximate surface area is 162 Å². The van der Waals surface area contributed by atoms with E-state index in [9.17, 15) is 0 Å².